The van der Waals surface area contributed by atoms with Crippen molar-refractivity contribution in [2.24, 2.45) is 0 Å². The minimum atomic E-state index is -0.0183. The van der Waals surface area contributed by atoms with Crippen LogP contribution in [-0.2, 0) is 4.79 Å². The van der Waals surface area contributed by atoms with Crippen molar-refractivity contribution in [3.8, 4) is 12.3 Å². The van der Waals surface area contributed by atoms with Gasteiger partial charge in [0.1, 0.15) is 0 Å². The molecule has 0 saturated heterocycles. The van der Waals surface area contributed by atoms with Crippen molar-refractivity contribution >= 4 is 5.91 Å². The second-order valence-corrected chi connectivity index (χ2v) is 2.53. The van der Waals surface area contributed by atoms with Gasteiger partial charge in [-0.05, 0) is 13.8 Å². The number of amides is 1. The number of carbonyl (C=O) groups is 1. The number of nitrogens with one attached hydrogen (secondary N) is 2. The highest BCUT2D eigenvalue weighted by atomic mass is 16.1. The summed E-state index contributed by atoms with van der Waals surface area (Å²) in [6.45, 7) is 4.56. The summed E-state index contributed by atoms with van der Waals surface area (Å²) in [5.41, 5.74) is 0. The summed E-state index contributed by atoms with van der Waals surface area (Å²) in [6.07, 6.45) is 4.97. The van der Waals surface area contributed by atoms with Gasteiger partial charge in [-0.25, -0.2) is 0 Å². The van der Waals surface area contributed by atoms with Gasteiger partial charge in [-0.15, -0.1) is 6.42 Å². The maximum Gasteiger partial charge on any atom is 0.234 e. The highest BCUT2D eigenvalue weighted by molar-refractivity contribution is 5.78. The summed E-state index contributed by atoms with van der Waals surface area (Å²) >= 11 is 0. The normalized spacial score (nSPS) is 9.27. The first-order valence-corrected chi connectivity index (χ1v) is 3.60. The van der Waals surface area contributed by atoms with Crippen LogP contribution in [0.15, 0.2) is 0 Å². The van der Waals surface area contributed by atoms with Gasteiger partial charge in [0.05, 0.1) is 13.1 Å². The van der Waals surface area contributed by atoms with Gasteiger partial charge in [-0.2, -0.15) is 0 Å². The third kappa shape index (κ3) is 6.88. The maximum absolute atomic E-state index is 10.9. The molecule has 2 N–H and O–H groups in total. The lowest BCUT2D eigenvalue weighted by atomic mass is 10.4. The molecule has 3 heteroatoms. The van der Waals surface area contributed by atoms with Crippen LogP contribution in [0.3, 0.4) is 0 Å². The Morgan fingerprint density at radius 3 is 2.73 bits per heavy atom. The van der Waals surface area contributed by atoms with Crippen molar-refractivity contribution in [3.05, 3.63) is 0 Å². The molecule has 0 unspecified atom stereocenters. The monoisotopic (exact) mass is 154 g/mol. The van der Waals surface area contributed by atoms with Gasteiger partial charge in [0, 0.05) is 6.04 Å². The summed E-state index contributed by atoms with van der Waals surface area (Å²) in [5, 5.41) is 5.52. The molecule has 0 aliphatic heterocycles. The van der Waals surface area contributed by atoms with Gasteiger partial charge in [-0.1, -0.05) is 5.92 Å². The van der Waals surface area contributed by atoms with E-state index in [9.17, 15) is 4.79 Å². The molecule has 0 aromatic rings. The van der Waals surface area contributed by atoms with Crippen molar-refractivity contribution in [1.82, 2.24) is 10.6 Å². The van der Waals surface area contributed by atoms with Crippen molar-refractivity contribution in [2.75, 3.05) is 13.1 Å². The Balaban J connectivity index is 3.32. The molecule has 0 aromatic carbocycles. The molecule has 0 aromatic heterocycles. The van der Waals surface area contributed by atoms with E-state index in [0.717, 1.165) is 0 Å². The summed E-state index contributed by atoms with van der Waals surface area (Å²) in [4.78, 5) is 10.9. The predicted molar refractivity (Wildman–Crippen MR) is 45.0 cm³/mol. The Hall–Kier alpha value is -1.01. The van der Waals surface area contributed by atoms with Crippen LogP contribution in [0.1, 0.15) is 13.8 Å². The average Bonchev–Trinajstić information content (AvgIpc) is 1.86. The predicted octanol–water partition coefficient (Wildman–Crippen LogP) is -0.266. The van der Waals surface area contributed by atoms with E-state index in [4.69, 9.17) is 6.42 Å². The van der Waals surface area contributed by atoms with E-state index in [2.05, 4.69) is 16.6 Å². The fourth-order valence-electron chi connectivity index (χ4n) is 0.621. The molecule has 0 spiro atoms. The zero-order chi connectivity index (χ0) is 8.69. The fourth-order valence-corrected chi connectivity index (χ4v) is 0.621. The van der Waals surface area contributed by atoms with Crippen molar-refractivity contribution in [1.29, 1.82) is 0 Å². The minimum Gasteiger partial charge on any atom is -0.353 e. The molecule has 1 amide bonds. The Bertz CT molecular complexity index is 158. The summed E-state index contributed by atoms with van der Waals surface area (Å²) < 4.78 is 0. The first-order chi connectivity index (χ1) is 5.16. The molecule has 0 heterocycles. The van der Waals surface area contributed by atoms with Crippen LogP contribution in [0, 0.1) is 12.3 Å². The third-order valence-electron chi connectivity index (χ3n) is 0.962. The lowest BCUT2D eigenvalue weighted by Gasteiger charge is -2.07. The topological polar surface area (TPSA) is 41.1 Å². The molecule has 0 aliphatic carbocycles. The van der Waals surface area contributed by atoms with E-state index in [0.29, 0.717) is 13.1 Å². The van der Waals surface area contributed by atoms with Gasteiger partial charge in [0.2, 0.25) is 5.91 Å². The summed E-state index contributed by atoms with van der Waals surface area (Å²) in [7, 11) is 0. The molecule has 0 rings (SSSR count). The Labute approximate surface area is 67.6 Å². The highest BCUT2D eigenvalue weighted by Crippen LogP contribution is 1.74. The fraction of sp³-hybridized carbons (Fsp3) is 0.625. The second kappa shape index (κ2) is 5.75. The first kappa shape index (κ1) is 9.99. The lowest BCUT2D eigenvalue weighted by Crippen LogP contribution is -2.37. The molecule has 62 valence electrons. The number of terminal acetylenes is 1. The maximum atomic E-state index is 10.9. The molecule has 0 bridgehead atoms. The van der Waals surface area contributed by atoms with Gasteiger partial charge in [0.25, 0.3) is 0 Å². The number of hydrogen-bond donors (Lipinski definition) is 2. The highest BCUT2D eigenvalue weighted by Gasteiger charge is 2.00. The Morgan fingerprint density at radius 1 is 1.64 bits per heavy atom. The van der Waals surface area contributed by atoms with Crippen LogP contribution < -0.4 is 10.6 Å². The van der Waals surface area contributed by atoms with E-state index in [1.165, 1.54) is 0 Å². The van der Waals surface area contributed by atoms with Gasteiger partial charge in [0.15, 0.2) is 0 Å². The number of hydrogen-bond acceptors (Lipinski definition) is 2. The van der Waals surface area contributed by atoms with Crippen LogP contribution >= 0.6 is 0 Å². The standard InChI is InChI=1S/C8H14N2O/c1-4-5-9-6-8(11)10-7(2)3/h1,7,9H,5-6H2,2-3H3,(H,10,11). The molecule has 3 nitrogen and oxygen atoms in total. The van der Waals surface area contributed by atoms with Gasteiger partial charge in [-0.3, -0.25) is 10.1 Å². The molecule has 0 fully saturated rings. The molecule has 11 heavy (non-hydrogen) atoms. The van der Waals surface area contributed by atoms with Crippen molar-refractivity contribution in [2.45, 2.75) is 19.9 Å². The lowest BCUT2D eigenvalue weighted by molar-refractivity contribution is -0.120. The second-order valence-electron chi connectivity index (χ2n) is 2.53. The van der Waals surface area contributed by atoms with Crippen LogP contribution in [0.4, 0.5) is 0 Å². The van der Waals surface area contributed by atoms with E-state index < -0.39 is 0 Å². The van der Waals surface area contributed by atoms with E-state index in [1.807, 2.05) is 13.8 Å². The molecule has 0 saturated carbocycles. The number of carbonyl (C=O) groups excluding carboxylic acids is 1. The molecular weight excluding hydrogens is 140 g/mol. The third-order valence-corrected chi connectivity index (χ3v) is 0.962. The summed E-state index contributed by atoms with van der Waals surface area (Å²) in [5.74, 6) is 2.37. The van der Waals surface area contributed by atoms with Crippen LogP contribution in [0.5, 0.6) is 0 Å². The molecule has 0 aliphatic rings. The van der Waals surface area contributed by atoms with E-state index in [-0.39, 0.29) is 11.9 Å². The smallest absolute Gasteiger partial charge is 0.234 e. The van der Waals surface area contributed by atoms with Crippen molar-refractivity contribution in [3.63, 3.8) is 0 Å². The Kier molecular flexibility index (Phi) is 5.22. The van der Waals surface area contributed by atoms with Gasteiger partial charge >= 0.3 is 0 Å². The quantitative estimate of drug-likeness (QED) is 0.432. The van der Waals surface area contributed by atoms with Gasteiger partial charge < -0.3 is 5.32 Å². The zero-order valence-corrected chi connectivity index (χ0v) is 6.98. The first-order valence-electron chi connectivity index (χ1n) is 3.60. The van der Waals surface area contributed by atoms with E-state index >= 15 is 0 Å². The molecule has 0 atom stereocenters. The minimum absolute atomic E-state index is 0.0183. The molecular formula is C8H14N2O. The zero-order valence-electron chi connectivity index (χ0n) is 6.98. The largest absolute Gasteiger partial charge is 0.353 e. The van der Waals surface area contributed by atoms with Crippen LogP contribution in [0.2, 0.25) is 0 Å². The summed E-state index contributed by atoms with van der Waals surface area (Å²) in [6, 6.07) is 0.190. The van der Waals surface area contributed by atoms with Crippen LogP contribution in [-0.4, -0.2) is 25.0 Å². The Morgan fingerprint density at radius 2 is 2.27 bits per heavy atom. The van der Waals surface area contributed by atoms with Crippen LogP contribution in [0.25, 0.3) is 0 Å². The van der Waals surface area contributed by atoms with Crippen molar-refractivity contribution < 1.29 is 4.79 Å². The molecule has 0 radical (unpaired) electrons. The van der Waals surface area contributed by atoms with E-state index in [1.54, 1.807) is 0 Å². The SMILES string of the molecule is C#CCNCC(=O)NC(C)C. The number of rotatable bonds is 4. The average molecular weight is 154 g/mol.